The van der Waals surface area contributed by atoms with Gasteiger partial charge in [0.05, 0.1) is 5.65 Å². The van der Waals surface area contributed by atoms with Crippen LogP contribution in [0, 0.1) is 6.07 Å². The fourth-order valence-electron chi connectivity index (χ4n) is 4.19. The van der Waals surface area contributed by atoms with E-state index >= 15 is 0 Å². The average Bonchev–Trinajstić information content (AvgIpc) is 3.44. The summed E-state index contributed by atoms with van der Waals surface area (Å²) in [4.78, 5) is 14.6. The van der Waals surface area contributed by atoms with Crippen molar-refractivity contribution in [1.82, 2.24) is 19.5 Å². The van der Waals surface area contributed by atoms with Crippen molar-refractivity contribution in [3.63, 3.8) is 0 Å². The minimum atomic E-state index is -0.0628. The maximum Gasteiger partial charge on any atom is 2.00 e. The molecule has 0 amide bonds. The van der Waals surface area contributed by atoms with E-state index < -0.39 is 0 Å². The van der Waals surface area contributed by atoms with Gasteiger partial charge in [-0.15, -0.1) is 24.3 Å². The molecule has 0 fully saturated rings. The van der Waals surface area contributed by atoms with Crippen molar-refractivity contribution in [2.75, 3.05) is 0 Å². The minimum Gasteiger partial charge on any atom is -0.439 e. The van der Waals surface area contributed by atoms with Crippen LogP contribution < -0.4 is 4.98 Å². The van der Waals surface area contributed by atoms with E-state index in [0.29, 0.717) is 0 Å². The topological polar surface area (TPSA) is 44.8 Å². The second-order valence-corrected chi connectivity index (χ2v) is 10.9. The van der Waals surface area contributed by atoms with Crippen LogP contribution in [0.1, 0.15) is 52.9 Å². The Kier molecular flexibility index (Phi) is 6.63. The summed E-state index contributed by atoms with van der Waals surface area (Å²) in [5.41, 5.74) is 6.80. The van der Waals surface area contributed by atoms with Gasteiger partial charge in [0.1, 0.15) is 0 Å². The number of nitrogens with zero attached hydrogens (tertiary/aromatic N) is 4. The van der Waals surface area contributed by atoms with E-state index in [1.807, 2.05) is 30.3 Å². The molecule has 0 radical (unpaired) electrons. The second kappa shape index (κ2) is 9.24. The summed E-state index contributed by atoms with van der Waals surface area (Å²) < 4.78 is 2.22. The zero-order valence-corrected chi connectivity index (χ0v) is 23.3. The van der Waals surface area contributed by atoms with Gasteiger partial charge < -0.3 is 9.55 Å². The van der Waals surface area contributed by atoms with Crippen LogP contribution in [-0.4, -0.2) is 14.5 Å². The summed E-state index contributed by atoms with van der Waals surface area (Å²) in [5.74, 6) is 0.917. The number of rotatable bonds is 3. The summed E-state index contributed by atoms with van der Waals surface area (Å²) in [5, 5.41) is 1.11. The molecule has 0 aliphatic rings. The normalized spacial score (nSPS) is 12.1. The number of aromatic nitrogens is 4. The first-order chi connectivity index (χ1) is 16.1. The molecule has 0 aliphatic heterocycles. The zero-order valence-electron chi connectivity index (χ0n) is 21.0. The van der Waals surface area contributed by atoms with E-state index in [-0.39, 0.29) is 31.9 Å². The van der Waals surface area contributed by atoms with Gasteiger partial charge in [0.15, 0.2) is 0 Å². The number of benzene rings is 1. The molecule has 5 rings (SSSR count). The quantitative estimate of drug-likeness (QED) is 0.198. The second-order valence-electron chi connectivity index (χ2n) is 10.9. The van der Waals surface area contributed by atoms with Crippen LogP contribution in [0.5, 0.6) is 0 Å². The fourth-order valence-corrected chi connectivity index (χ4v) is 4.19. The molecule has 180 valence electrons. The largest absolute Gasteiger partial charge is 2.00 e. The molecule has 0 N–H and O–H groups in total. The average molecular weight is 642 g/mol. The van der Waals surface area contributed by atoms with Crippen LogP contribution in [-0.2, 0) is 31.9 Å². The van der Waals surface area contributed by atoms with Crippen molar-refractivity contribution in [1.29, 1.82) is 0 Å². The van der Waals surface area contributed by atoms with E-state index in [1.165, 1.54) is 5.69 Å². The Labute approximate surface area is 222 Å². The van der Waals surface area contributed by atoms with Gasteiger partial charge in [-0.2, -0.15) is 0 Å². The Hall–Kier alpha value is -2.97. The molecule has 0 saturated carbocycles. The molecule has 4 heterocycles. The van der Waals surface area contributed by atoms with Crippen molar-refractivity contribution in [2.24, 2.45) is 0 Å². The molecule has 5 heteroatoms. The van der Waals surface area contributed by atoms with Gasteiger partial charge >= 0.3 is 21.1 Å². The van der Waals surface area contributed by atoms with Crippen molar-refractivity contribution in [3.8, 4) is 28.3 Å². The number of hydrogen-bond donors (Lipinski definition) is 0. The molecular weight excluding hydrogens is 611 g/mol. The van der Waals surface area contributed by atoms with Crippen LogP contribution in [0.15, 0.2) is 72.9 Å². The molecule has 0 atom stereocenters. The van der Waals surface area contributed by atoms with Crippen LogP contribution >= 0.6 is 0 Å². The molecule has 5 aromatic rings. The molecule has 4 nitrogen and oxygen atoms in total. The van der Waals surface area contributed by atoms with E-state index in [9.17, 15) is 0 Å². The summed E-state index contributed by atoms with van der Waals surface area (Å²) in [7, 11) is 0. The first-order valence-corrected chi connectivity index (χ1v) is 11.7. The van der Waals surface area contributed by atoms with E-state index in [1.54, 1.807) is 6.20 Å². The van der Waals surface area contributed by atoms with Crippen LogP contribution in [0.4, 0.5) is 0 Å². The molecule has 0 unspecified atom stereocenters. The molecule has 35 heavy (non-hydrogen) atoms. The molecule has 0 aliphatic carbocycles. The van der Waals surface area contributed by atoms with Crippen molar-refractivity contribution >= 4 is 11.0 Å². The predicted octanol–water partition coefficient (Wildman–Crippen LogP) is 7.10. The third-order valence-electron chi connectivity index (χ3n) is 6.05. The Morgan fingerprint density at radius 1 is 0.771 bits per heavy atom. The van der Waals surface area contributed by atoms with Gasteiger partial charge in [-0.1, -0.05) is 112 Å². The third-order valence-corrected chi connectivity index (χ3v) is 6.05. The van der Waals surface area contributed by atoms with Gasteiger partial charge in [-0.3, -0.25) is 9.97 Å². The number of pyridine rings is 2. The molecule has 4 aromatic heterocycles. The number of hydrogen-bond acceptors (Lipinski definition) is 2. The van der Waals surface area contributed by atoms with Crippen LogP contribution in [0.3, 0.4) is 0 Å². The smallest absolute Gasteiger partial charge is 0.439 e. The van der Waals surface area contributed by atoms with Crippen LogP contribution in [0.25, 0.3) is 39.4 Å². The zero-order chi connectivity index (χ0) is 24.1. The summed E-state index contributed by atoms with van der Waals surface area (Å²) >= 11 is 0. The number of fused-ring (bicyclic) bond motifs is 1. The standard InChI is InChI=1S/C30H30N4.Pt/c1-29(2,3)25-15-16-27(33-25)34-26(30(4,5)6)19-22-13-14-24(32-28(22)34)21-11-9-10-20(18-21)23-12-7-8-17-31-23;/h7-17,19H,1-6H3;/q-2;+2. The molecule has 0 saturated heterocycles. The van der Waals surface area contributed by atoms with Gasteiger partial charge in [-0.05, 0) is 22.3 Å². The first kappa shape index (κ1) is 25.1. The molecular formula is C30H30N4Pt. The maximum atomic E-state index is 5.13. The Morgan fingerprint density at radius 2 is 1.51 bits per heavy atom. The van der Waals surface area contributed by atoms with E-state index in [4.69, 9.17) is 9.97 Å². The van der Waals surface area contributed by atoms with E-state index in [2.05, 4.69) is 93.6 Å². The summed E-state index contributed by atoms with van der Waals surface area (Å²) in [6.45, 7) is 13.3. The van der Waals surface area contributed by atoms with Gasteiger partial charge in [0.25, 0.3) is 0 Å². The fraction of sp³-hybridized carbons (Fsp3) is 0.267. The van der Waals surface area contributed by atoms with Gasteiger partial charge in [-0.25, -0.2) is 0 Å². The monoisotopic (exact) mass is 641 g/mol. The summed E-state index contributed by atoms with van der Waals surface area (Å²) in [6, 6.07) is 26.3. The Bertz CT molecular complexity index is 1460. The SMILES string of the molecule is CC(C)(C)c1ccc(-n2c(C(C)(C)C)cc3ccc(-c4[c-]c(-c5ccccn5)ccc4)nc32)[n-]1.[Pt+2]. The molecule has 0 bridgehead atoms. The third kappa shape index (κ3) is 4.90. The molecule has 1 aromatic carbocycles. The van der Waals surface area contributed by atoms with Crippen LogP contribution in [0.2, 0.25) is 0 Å². The summed E-state index contributed by atoms with van der Waals surface area (Å²) in [6.07, 6.45) is 1.81. The Balaban J connectivity index is 0.00000289. The first-order valence-electron chi connectivity index (χ1n) is 11.7. The molecule has 0 spiro atoms. The van der Waals surface area contributed by atoms with Gasteiger partial charge in [0, 0.05) is 17.6 Å². The van der Waals surface area contributed by atoms with Crippen molar-refractivity contribution in [2.45, 2.75) is 52.4 Å². The maximum absolute atomic E-state index is 5.13. The predicted molar refractivity (Wildman–Crippen MR) is 139 cm³/mol. The Morgan fingerprint density at radius 3 is 2.14 bits per heavy atom. The van der Waals surface area contributed by atoms with Gasteiger partial charge in [0.2, 0.25) is 0 Å². The minimum absolute atomic E-state index is 0. The van der Waals surface area contributed by atoms with E-state index in [0.717, 1.165) is 45.1 Å². The van der Waals surface area contributed by atoms with Crippen molar-refractivity contribution < 1.29 is 21.1 Å². The van der Waals surface area contributed by atoms with Crippen molar-refractivity contribution in [3.05, 3.63) is 90.4 Å².